The van der Waals surface area contributed by atoms with Crippen molar-refractivity contribution in [2.75, 3.05) is 18.8 Å². The fourth-order valence-electron chi connectivity index (χ4n) is 3.67. The molecule has 7 nitrogen and oxygen atoms in total. The summed E-state index contributed by atoms with van der Waals surface area (Å²) in [7, 11) is 0. The molecule has 4 aromatic rings. The molecule has 5 rings (SSSR count). The second kappa shape index (κ2) is 8.23. The van der Waals surface area contributed by atoms with Crippen LogP contribution < -0.4 is 0 Å². The summed E-state index contributed by atoms with van der Waals surface area (Å²) in [4.78, 5) is 19.5. The predicted molar refractivity (Wildman–Crippen MR) is 116 cm³/mol. The van der Waals surface area contributed by atoms with Gasteiger partial charge >= 0.3 is 0 Å². The Morgan fingerprint density at radius 3 is 3.03 bits per heavy atom. The first-order chi connectivity index (χ1) is 14.7. The molecule has 1 aromatic carbocycles. The highest BCUT2D eigenvalue weighted by molar-refractivity contribution is 7.99. The van der Waals surface area contributed by atoms with E-state index in [9.17, 15) is 4.79 Å². The average Bonchev–Trinajstić information content (AvgIpc) is 3.51. The van der Waals surface area contributed by atoms with Gasteiger partial charge in [-0.15, -0.1) is 21.5 Å². The standard InChI is InChI=1S/C21H20N4O3S2/c1-13-15(8-10-27-13)19-23-24-21(28-19)29-12-18(26)25-9-4-5-14(11-25)20-22-16-6-2-3-7-17(16)30-20/h2-3,6-8,10,14H,4-5,9,11-12H2,1H3/t14-/m1/s1. The minimum absolute atomic E-state index is 0.0880. The summed E-state index contributed by atoms with van der Waals surface area (Å²) in [6.45, 7) is 3.33. The lowest BCUT2D eigenvalue weighted by atomic mass is 9.99. The van der Waals surface area contributed by atoms with Crippen molar-refractivity contribution in [1.82, 2.24) is 20.1 Å². The molecule has 1 atom stereocenters. The number of piperidine rings is 1. The first kappa shape index (κ1) is 19.3. The Morgan fingerprint density at radius 2 is 2.20 bits per heavy atom. The topological polar surface area (TPSA) is 85.3 Å². The zero-order valence-corrected chi connectivity index (χ0v) is 18.0. The molecule has 1 fully saturated rings. The van der Waals surface area contributed by atoms with Crippen molar-refractivity contribution in [3.05, 3.63) is 47.4 Å². The number of carbonyl (C=O) groups excluding carboxylic acids is 1. The zero-order chi connectivity index (χ0) is 20.5. The van der Waals surface area contributed by atoms with E-state index in [1.165, 1.54) is 16.5 Å². The first-order valence-electron chi connectivity index (χ1n) is 9.81. The van der Waals surface area contributed by atoms with E-state index in [4.69, 9.17) is 13.8 Å². The van der Waals surface area contributed by atoms with E-state index in [1.807, 2.05) is 30.0 Å². The lowest BCUT2D eigenvalue weighted by Crippen LogP contribution is -2.40. The van der Waals surface area contributed by atoms with Crippen LogP contribution in [0.15, 0.2) is 50.7 Å². The van der Waals surface area contributed by atoms with E-state index >= 15 is 0 Å². The quantitative estimate of drug-likeness (QED) is 0.414. The number of furan rings is 1. The van der Waals surface area contributed by atoms with E-state index in [1.54, 1.807) is 23.7 Å². The second-order valence-electron chi connectivity index (χ2n) is 7.25. The van der Waals surface area contributed by atoms with Gasteiger partial charge in [-0.25, -0.2) is 4.98 Å². The highest BCUT2D eigenvalue weighted by Crippen LogP contribution is 2.33. The molecule has 0 saturated carbocycles. The summed E-state index contributed by atoms with van der Waals surface area (Å²) < 4.78 is 12.1. The van der Waals surface area contributed by atoms with Gasteiger partial charge < -0.3 is 13.7 Å². The van der Waals surface area contributed by atoms with Gasteiger partial charge in [-0.3, -0.25) is 4.79 Å². The molecule has 0 bridgehead atoms. The van der Waals surface area contributed by atoms with Crippen molar-refractivity contribution in [1.29, 1.82) is 0 Å². The maximum Gasteiger partial charge on any atom is 0.277 e. The zero-order valence-electron chi connectivity index (χ0n) is 16.4. The van der Waals surface area contributed by atoms with Gasteiger partial charge in [0, 0.05) is 19.0 Å². The van der Waals surface area contributed by atoms with Crippen LogP contribution in [0.2, 0.25) is 0 Å². The Kier molecular flexibility index (Phi) is 5.30. The molecular weight excluding hydrogens is 420 g/mol. The molecule has 0 radical (unpaired) electrons. The molecule has 1 aliphatic heterocycles. The SMILES string of the molecule is Cc1occc1-c1nnc(SCC(=O)N2CCC[C@@H](c3nc4ccccc4s3)C2)o1. The molecule has 154 valence electrons. The average molecular weight is 441 g/mol. The Morgan fingerprint density at radius 1 is 1.30 bits per heavy atom. The van der Waals surface area contributed by atoms with Crippen LogP contribution in [0.1, 0.15) is 29.5 Å². The third-order valence-corrected chi connectivity index (χ3v) is 7.25. The number of benzene rings is 1. The molecule has 0 unspecified atom stereocenters. The van der Waals surface area contributed by atoms with Crippen LogP contribution in [0.4, 0.5) is 0 Å². The maximum atomic E-state index is 12.8. The van der Waals surface area contributed by atoms with Gasteiger partial charge in [0.2, 0.25) is 5.91 Å². The van der Waals surface area contributed by atoms with Crippen molar-refractivity contribution in [3.8, 4) is 11.5 Å². The minimum Gasteiger partial charge on any atom is -0.469 e. The number of thiazole rings is 1. The van der Waals surface area contributed by atoms with Crippen LogP contribution in [0.5, 0.6) is 0 Å². The monoisotopic (exact) mass is 440 g/mol. The molecule has 30 heavy (non-hydrogen) atoms. The molecule has 3 aromatic heterocycles. The molecule has 0 N–H and O–H groups in total. The number of hydrogen-bond acceptors (Lipinski definition) is 8. The number of aromatic nitrogens is 3. The summed E-state index contributed by atoms with van der Waals surface area (Å²) in [5, 5.41) is 9.61. The molecule has 1 aliphatic rings. The van der Waals surface area contributed by atoms with Crippen LogP contribution in [0.3, 0.4) is 0 Å². The Bertz CT molecular complexity index is 1150. The number of nitrogens with zero attached hydrogens (tertiary/aromatic N) is 4. The van der Waals surface area contributed by atoms with Crippen LogP contribution in [-0.2, 0) is 4.79 Å². The summed E-state index contributed by atoms with van der Waals surface area (Å²) >= 11 is 3.01. The lowest BCUT2D eigenvalue weighted by molar-refractivity contribution is -0.129. The predicted octanol–water partition coefficient (Wildman–Crippen LogP) is 4.75. The number of thioether (sulfide) groups is 1. The number of fused-ring (bicyclic) bond motifs is 1. The summed E-state index contributed by atoms with van der Waals surface area (Å²) in [6.07, 6.45) is 3.64. The Balaban J connectivity index is 1.21. The Hall–Kier alpha value is -2.65. The van der Waals surface area contributed by atoms with E-state index in [0.717, 1.165) is 41.2 Å². The van der Waals surface area contributed by atoms with Crippen LogP contribution in [0.25, 0.3) is 21.7 Å². The van der Waals surface area contributed by atoms with Gasteiger partial charge in [0.1, 0.15) is 5.76 Å². The largest absolute Gasteiger partial charge is 0.469 e. The van der Waals surface area contributed by atoms with Gasteiger partial charge in [-0.2, -0.15) is 0 Å². The smallest absolute Gasteiger partial charge is 0.277 e. The molecule has 4 heterocycles. The number of aryl methyl sites for hydroxylation is 1. The van der Waals surface area contributed by atoms with E-state index in [2.05, 4.69) is 16.3 Å². The Labute approximate surface area is 181 Å². The molecule has 1 saturated heterocycles. The van der Waals surface area contributed by atoms with E-state index in [0.29, 0.717) is 23.6 Å². The third-order valence-electron chi connectivity index (χ3n) is 5.25. The number of likely N-dealkylation sites (tertiary alicyclic amines) is 1. The number of amides is 1. The highest BCUT2D eigenvalue weighted by atomic mass is 32.2. The van der Waals surface area contributed by atoms with Gasteiger partial charge in [-0.05, 0) is 38.0 Å². The van der Waals surface area contributed by atoms with Crippen LogP contribution in [-0.4, -0.2) is 44.8 Å². The van der Waals surface area contributed by atoms with E-state index in [-0.39, 0.29) is 11.7 Å². The molecule has 0 spiro atoms. The van der Waals surface area contributed by atoms with E-state index < -0.39 is 0 Å². The van der Waals surface area contributed by atoms with Gasteiger partial charge in [0.05, 0.1) is 32.8 Å². The number of hydrogen-bond donors (Lipinski definition) is 0. The number of carbonyl (C=O) groups is 1. The maximum absolute atomic E-state index is 12.8. The van der Waals surface area contributed by atoms with Crippen molar-refractivity contribution in [2.45, 2.75) is 30.9 Å². The van der Waals surface area contributed by atoms with Crippen molar-refractivity contribution >= 4 is 39.2 Å². The summed E-state index contributed by atoms with van der Waals surface area (Å²) in [6, 6.07) is 9.98. The number of rotatable bonds is 5. The van der Waals surface area contributed by atoms with Crippen LogP contribution >= 0.6 is 23.1 Å². The molecule has 1 amide bonds. The molecular formula is C21H20N4O3S2. The molecule has 9 heteroatoms. The highest BCUT2D eigenvalue weighted by Gasteiger charge is 2.27. The first-order valence-corrected chi connectivity index (χ1v) is 11.6. The second-order valence-corrected chi connectivity index (χ2v) is 9.24. The number of para-hydroxylation sites is 1. The fourth-order valence-corrected chi connectivity index (χ4v) is 5.43. The molecule has 0 aliphatic carbocycles. The van der Waals surface area contributed by atoms with Gasteiger partial charge in [0.25, 0.3) is 11.1 Å². The van der Waals surface area contributed by atoms with Crippen molar-refractivity contribution < 1.29 is 13.6 Å². The fraction of sp³-hybridized carbons (Fsp3) is 0.333. The van der Waals surface area contributed by atoms with Gasteiger partial charge in [-0.1, -0.05) is 23.9 Å². The lowest BCUT2D eigenvalue weighted by Gasteiger charge is -2.31. The normalized spacial score (nSPS) is 17.0. The van der Waals surface area contributed by atoms with Crippen molar-refractivity contribution in [2.24, 2.45) is 0 Å². The summed E-state index contributed by atoms with van der Waals surface area (Å²) in [5.41, 5.74) is 1.81. The third kappa shape index (κ3) is 3.87. The summed E-state index contributed by atoms with van der Waals surface area (Å²) in [5.74, 6) is 1.79. The van der Waals surface area contributed by atoms with Crippen LogP contribution in [0, 0.1) is 6.92 Å². The van der Waals surface area contributed by atoms with Crippen molar-refractivity contribution in [3.63, 3.8) is 0 Å². The van der Waals surface area contributed by atoms with Gasteiger partial charge in [0.15, 0.2) is 0 Å². The minimum atomic E-state index is 0.0880.